The van der Waals surface area contributed by atoms with Crippen LogP contribution in [0, 0.1) is 5.82 Å². The van der Waals surface area contributed by atoms with Gasteiger partial charge in [0.15, 0.2) is 0 Å². The van der Waals surface area contributed by atoms with Gasteiger partial charge in [-0.25, -0.2) is 4.39 Å². The highest BCUT2D eigenvalue weighted by Gasteiger charge is 2.06. The molecule has 0 amide bonds. The van der Waals surface area contributed by atoms with Crippen molar-refractivity contribution in [2.75, 3.05) is 7.11 Å². The first-order valence-electron chi connectivity index (χ1n) is 5.68. The second-order valence-corrected chi connectivity index (χ2v) is 4.47. The summed E-state index contributed by atoms with van der Waals surface area (Å²) in [5, 5.41) is 0.674. The number of hydrogen-bond donors (Lipinski definition) is 0. The van der Waals surface area contributed by atoms with Crippen molar-refractivity contribution in [1.82, 2.24) is 4.98 Å². The van der Waals surface area contributed by atoms with Crippen LogP contribution in [-0.2, 0) is 11.9 Å². The van der Waals surface area contributed by atoms with Crippen LogP contribution in [0.4, 0.5) is 4.39 Å². The number of hydrogen-bond acceptors (Lipinski definition) is 3. The molecule has 0 saturated heterocycles. The summed E-state index contributed by atoms with van der Waals surface area (Å²) in [6, 6.07) is 7.00. The molecule has 1 heterocycles. The van der Waals surface area contributed by atoms with Gasteiger partial charge in [-0.15, -0.1) is 0 Å². The lowest BCUT2D eigenvalue weighted by Crippen LogP contribution is -1.99. The van der Waals surface area contributed by atoms with E-state index in [4.69, 9.17) is 9.47 Å². The third kappa shape index (κ3) is 3.67. The van der Waals surface area contributed by atoms with Crippen LogP contribution in [0.3, 0.4) is 0 Å². The third-order valence-corrected chi connectivity index (χ3v) is 3.18. The number of benzene rings is 1. The molecular weight excluding hydrogens is 313 g/mol. The highest BCUT2D eigenvalue weighted by atomic mass is 79.9. The number of rotatable bonds is 5. The van der Waals surface area contributed by atoms with Gasteiger partial charge in [0.05, 0.1) is 13.3 Å². The Morgan fingerprint density at radius 1 is 1.26 bits per heavy atom. The van der Waals surface area contributed by atoms with E-state index >= 15 is 0 Å². The summed E-state index contributed by atoms with van der Waals surface area (Å²) in [6.07, 6.45) is 2.75. The molecule has 0 saturated carbocycles. The van der Waals surface area contributed by atoms with E-state index in [0.717, 1.165) is 11.3 Å². The van der Waals surface area contributed by atoms with E-state index in [-0.39, 0.29) is 12.4 Å². The van der Waals surface area contributed by atoms with Gasteiger partial charge in [-0.3, -0.25) is 4.98 Å². The van der Waals surface area contributed by atoms with Gasteiger partial charge in [-0.05, 0) is 12.1 Å². The molecule has 19 heavy (non-hydrogen) atoms. The molecular formula is C14H13BrFNO2. The zero-order valence-electron chi connectivity index (χ0n) is 10.4. The number of methoxy groups -OCH3 is 1. The SMILES string of the molecule is COc1ccc(CBr)c(OCc2cncc(F)c2)c1. The topological polar surface area (TPSA) is 31.4 Å². The second-order valence-electron chi connectivity index (χ2n) is 3.91. The number of alkyl halides is 1. The van der Waals surface area contributed by atoms with Crippen LogP contribution in [-0.4, -0.2) is 12.1 Å². The molecule has 0 radical (unpaired) electrons. The fraction of sp³-hybridized carbons (Fsp3) is 0.214. The molecule has 0 aliphatic rings. The Hall–Kier alpha value is -1.62. The lowest BCUT2D eigenvalue weighted by molar-refractivity contribution is 0.300. The van der Waals surface area contributed by atoms with E-state index in [9.17, 15) is 4.39 Å². The summed E-state index contributed by atoms with van der Waals surface area (Å²) in [6.45, 7) is 0.262. The minimum Gasteiger partial charge on any atom is -0.497 e. The quantitative estimate of drug-likeness (QED) is 0.785. The van der Waals surface area contributed by atoms with Gasteiger partial charge in [-0.1, -0.05) is 22.0 Å². The summed E-state index contributed by atoms with van der Waals surface area (Å²) in [7, 11) is 1.60. The van der Waals surface area contributed by atoms with Crippen molar-refractivity contribution in [2.24, 2.45) is 0 Å². The minimum atomic E-state index is -0.368. The average Bonchev–Trinajstić information content (AvgIpc) is 2.45. The van der Waals surface area contributed by atoms with Crippen molar-refractivity contribution < 1.29 is 13.9 Å². The van der Waals surface area contributed by atoms with Crippen LogP contribution in [0.2, 0.25) is 0 Å². The molecule has 1 aromatic carbocycles. The predicted molar refractivity (Wildman–Crippen MR) is 74.2 cm³/mol. The van der Waals surface area contributed by atoms with Crippen LogP contribution in [0.15, 0.2) is 36.7 Å². The molecule has 2 rings (SSSR count). The molecule has 0 N–H and O–H groups in total. The van der Waals surface area contributed by atoms with Gasteiger partial charge >= 0.3 is 0 Å². The van der Waals surface area contributed by atoms with E-state index in [0.29, 0.717) is 16.6 Å². The number of halogens is 2. The highest BCUT2D eigenvalue weighted by Crippen LogP contribution is 2.27. The van der Waals surface area contributed by atoms with Crippen LogP contribution in [0.5, 0.6) is 11.5 Å². The highest BCUT2D eigenvalue weighted by molar-refractivity contribution is 9.08. The van der Waals surface area contributed by atoms with Gasteiger partial charge in [0.2, 0.25) is 0 Å². The molecule has 3 nitrogen and oxygen atoms in total. The van der Waals surface area contributed by atoms with Crippen LogP contribution >= 0.6 is 15.9 Å². The van der Waals surface area contributed by atoms with Crippen molar-refractivity contribution in [3.05, 3.63) is 53.6 Å². The summed E-state index contributed by atoms with van der Waals surface area (Å²) >= 11 is 3.40. The number of aromatic nitrogens is 1. The fourth-order valence-corrected chi connectivity index (χ4v) is 2.07. The predicted octanol–water partition coefficient (Wildman–Crippen LogP) is 3.70. The number of pyridine rings is 1. The normalized spacial score (nSPS) is 10.3. The van der Waals surface area contributed by atoms with Gasteiger partial charge in [0.25, 0.3) is 0 Å². The Morgan fingerprint density at radius 3 is 2.79 bits per heavy atom. The Morgan fingerprint density at radius 2 is 2.11 bits per heavy atom. The first-order chi connectivity index (χ1) is 9.22. The van der Waals surface area contributed by atoms with Gasteiger partial charge in [0, 0.05) is 28.7 Å². The molecule has 0 unspecified atom stereocenters. The average molecular weight is 326 g/mol. The maximum atomic E-state index is 13.0. The number of nitrogens with zero attached hydrogens (tertiary/aromatic N) is 1. The minimum absolute atomic E-state index is 0.262. The molecule has 5 heteroatoms. The maximum absolute atomic E-state index is 13.0. The van der Waals surface area contributed by atoms with Crippen LogP contribution < -0.4 is 9.47 Å². The summed E-state index contributed by atoms with van der Waals surface area (Å²) < 4.78 is 23.9. The number of ether oxygens (including phenoxy) is 2. The van der Waals surface area contributed by atoms with Gasteiger partial charge in [-0.2, -0.15) is 0 Å². The van der Waals surface area contributed by atoms with E-state index < -0.39 is 0 Å². The van der Waals surface area contributed by atoms with E-state index in [2.05, 4.69) is 20.9 Å². The second kappa shape index (κ2) is 6.52. The van der Waals surface area contributed by atoms with Crippen molar-refractivity contribution in [2.45, 2.75) is 11.9 Å². The molecule has 0 atom stereocenters. The van der Waals surface area contributed by atoms with E-state index in [1.54, 1.807) is 13.3 Å². The van der Waals surface area contributed by atoms with Crippen molar-refractivity contribution in [3.8, 4) is 11.5 Å². The van der Waals surface area contributed by atoms with Gasteiger partial charge < -0.3 is 9.47 Å². The monoisotopic (exact) mass is 325 g/mol. The summed E-state index contributed by atoms with van der Waals surface area (Å²) in [4.78, 5) is 3.78. The first-order valence-corrected chi connectivity index (χ1v) is 6.80. The molecule has 0 aliphatic carbocycles. The molecule has 0 spiro atoms. The Labute approximate surface area is 119 Å². The first kappa shape index (κ1) is 13.8. The van der Waals surface area contributed by atoms with Crippen molar-refractivity contribution in [1.29, 1.82) is 0 Å². The van der Waals surface area contributed by atoms with Gasteiger partial charge in [0.1, 0.15) is 23.9 Å². The lowest BCUT2D eigenvalue weighted by atomic mass is 10.2. The molecule has 0 bridgehead atoms. The standard InChI is InChI=1S/C14H13BrFNO2/c1-18-13-3-2-11(6-15)14(5-13)19-9-10-4-12(16)8-17-7-10/h2-5,7-8H,6,9H2,1H3. The largest absolute Gasteiger partial charge is 0.497 e. The maximum Gasteiger partial charge on any atom is 0.141 e. The zero-order valence-corrected chi connectivity index (χ0v) is 12.0. The molecule has 0 fully saturated rings. The molecule has 100 valence electrons. The lowest BCUT2D eigenvalue weighted by Gasteiger charge is -2.11. The summed E-state index contributed by atoms with van der Waals surface area (Å²) in [5.41, 5.74) is 1.69. The molecule has 1 aromatic heterocycles. The van der Waals surface area contributed by atoms with Crippen molar-refractivity contribution >= 4 is 15.9 Å². The third-order valence-electron chi connectivity index (χ3n) is 2.57. The van der Waals surface area contributed by atoms with Crippen LogP contribution in [0.1, 0.15) is 11.1 Å². The van der Waals surface area contributed by atoms with Crippen LogP contribution in [0.25, 0.3) is 0 Å². The Balaban J connectivity index is 2.14. The fourth-order valence-electron chi connectivity index (χ4n) is 1.60. The zero-order chi connectivity index (χ0) is 13.7. The molecule has 0 aliphatic heterocycles. The van der Waals surface area contributed by atoms with E-state index in [1.807, 2.05) is 18.2 Å². The Kier molecular flexibility index (Phi) is 4.74. The van der Waals surface area contributed by atoms with E-state index in [1.165, 1.54) is 12.3 Å². The smallest absolute Gasteiger partial charge is 0.141 e. The molecule has 2 aromatic rings. The Bertz CT molecular complexity index is 563. The summed E-state index contributed by atoms with van der Waals surface area (Å²) in [5.74, 6) is 1.06. The van der Waals surface area contributed by atoms with Crippen molar-refractivity contribution in [3.63, 3.8) is 0 Å².